The first-order valence-electron chi connectivity index (χ1n) is 12.0. The first-order chi connectivity index (χ1) is 17.3. The molecule has 4 rings (SSSR count). The van der Waals surface area contributed by atoms with E-state index in [1.807, 2.05) is 6.92 Å². The maximum atomic E-state index is 12.7. The highest BCUT2D eigenvalue weighted by Gasteiger charge is 2.43. The molecular formula is C26H30O9S. The van der Waals surface area contributed by atoms with Crippen LogP contribution in [0.2, 0.25) is 0 Å². The number of rotatable bonds is 10. The van der Waals surface area contributed by atoms with Gasteiger partial charge in [-0.05, 0) is 50.5 Å². The van der Waals surface area contributed by atoms with Crippen LogP contribution >= 0.6 is 0 Å². The van der Waals surface area contributed by atoms with Crippen molar-refractivity contribution in [2.75, 3.05) is 19.8 Å². The fourth-order valence-corrected chi connectivity index (χ4v) is 5.10. The van der Waals surface area contributed by atoms with Gasteiger partial charge in [-0.1, -0.05) is 35.9 Å². The van der Waals surface area contributed by atoms with E-state index in [1.54, 1.807) is 42.5 Å². The molecule has 0 aliphatic carbocycles. The molecule has 2 aliphatic rings. The second kappa shape index (κ2) is 12.0. The number of ether oxygens (including phenoxy) is 4. The van der Waals surface area contributed by atoms with E-state index in [4.69, 9.17) is 23.1 Å². The van der Waals surface area contributed by atoms with E-state index in [0.717, 1.165) is 18.4 Å². The van der Waals surface area contributed by atoms with Gasteiger partial charge in [0, 0.05) is 12.5 Å². The number of hydrogen-bond acceptors (Lipinski definition) is 9. The number of esters is 2. The molecule has 0 aromatic heterocycles. The molecule has 2 saturated heterocycles. The molecule has 0 spiro atoms. The van der Waals surface area contributed by atoms with Crippen molar-refractivity contribution in [3.05, 3.63) is 65.7 Å². The van der Waals surface area contributed by atoms with Crippen molar-refractivity contribution in [1.29, 1.82) is 0 Å². The molecule has 1 unspecified atom stereocenters. The Kier molecular flexibility index (Phi) is 8.73. The van der Waals surface area contributed by atoms with Crippen LogP contribution in [0.3, 0.4) is 0 Å². The Hall–Kier alpha value is -2.79. The third-order valence-corrected chi connectivity index (χ3v) is 7.49. The summed E-state index contributed by atoms with van der Waals surface area (Å²) in [5.74, 6) is -1.64. The summed E-state index contributed by atoms with van der Waals surface area (Å²) in [6, 6.07) is 14.8. The van der Waals surface area contributed by atoms with Crippen LogP contribution in [-0.4, -0.2) is 58.7 Å². The van der Waals surface area contributed by atoms with Gasteiger partial charge in [-0.3, -0.25) is 8.98 Å². The highest BCUT2D eigenvalue weighted by molar-refractivity contribution is 7.86. The van der Waals surface area contributed by atoms with Gasteiger partial charge in [-0.25, -0.2) is 4.79 Å². The minimum Gasteiger partial charge on any atom is -0.459 e. The molecule has 2 aromatic carbocycles. The lowest BCUT2D eigenvalue weighted by molar-refractivity contribution is -0.209. The van der Waals surface area contributed by atoms with Crippen molar-refractivity contribution >= 4 is 22.1 Å². The second-order valence-electron chi connectivity index (χ2n) is 8.88. The Balaban J connectivity index is 1.46. The highest BCUT2D eigenvalue weighted by Crippen LogP contribution is 2.31. The maximum Gasteiger partial charge on any atom is 0.338 e. The molecule has 0 radical (unpaired) electrons. The summed E-state index contributed by atoms with van der Waals surface area (Å²) < 4.78 is 53.3. The number of benzene rings is 2. The quantitative estimate of drug-likeness (QED) is 0.345. The normalized spacial score (nSPS) is 23.1. The van der Waals surface area contributed by atoms with Crippen molar-refractivity contribution in [3.8, 4) is 0 Å². The zero-order valence-electron chi connectivity index (χ0n) is 20.0. The molecule has 2 aromatic rings. The van der Waals surface area contributed by atoms with Gasteiger partial charge in [0.2, 0.25) is 0 Å². The standard InChI is InChI=1S/C26H30O9S/c1-18-10-12-20(13-11-18)36(29,30)33-17-23-21(15-24(27)34-23)22(35-25-9-5-6-14-31-25)16-32-26(28)19-7-3-2-4-8-19/h2-4,7-8,10-13,21-23,25H,5-6,9,14-17H2,1H3/t21-,22+,23+,25?/m1/s1. The molecule has 2 heterocycles. The van der Waals surface area contributed by atoms with Crippen LogP contribution in [-0.2, 0) is 38.0 Å². The molecule has 0 N–H and O–H groups in total. The molecule has 0 bridgehead atoms. The fraction of sp³-hybridized carbons (Fsp3) is 0.462. The lowest BCUT2D eigenvalue weighted by Crippen LogP contribution is -2.41. The average Bonchev–Trinajstić information content (AvgIpc) is 3.27. The molecule has 0 amide bonds. The van der Waals surface area contributed by atoms with Crippen LogP contribution in [0.4, 0.5) is 0 Å². The molecule has 2 aliphatic heterocycles. The Bertz CT molecular complexity index is 1130. The number of carbonyl (C=O) groups excluding carboxylic acids is 2. The van der Waals surface area contributed by atoms with E-state index in [2.05, 4.69) is 0 Å². The van der Waals surface area contributed by atoms with Gasteiger partial charge in [-0.15, -0.1) is 0 Å². The minimum atomic E-state index is -4.06. The predicted molar refractivity (Wildman–Crippen MR) is 127 cm³/mol. The first-order valence-corrected chi connectivity index (χ1v) is 13.4. The number of aryl methyl sites for hydroxylation is 1. The van der Waals surface area contributed by atoms with E-state index >= 15 is 0 Å². The zero-order valence-corrected chi connectivity index (χ0v) is 20.9. The van der Waals surface area contributed by atoms with E-state index < -0.39 is 46.5 Å². The first kappa shape index (κ1) is 26.3. The lowest BCUT2D eigenvalue weighted by Gasteiger charge is -2.31. The molecular weight excluding hydrogens is 488 g/mol. The number of carbonyl (C=O) groups is 2. The lowest BCUT2D eigenvalue weighted by atomic mass is 9.95. The van der Waals surface area contributed by atoms with Crippen LogP contribution in [0.5, 0.6) is 0 Å². The zero-order chi connectivity index (χ0) is 25.5. The minimum absolute atomic E-state index is 0.00849. The molecule has 36 heavy (non-hydrogen) atoms. The smallest absolute Gasteiger partial charge is 0.338 e. The summed E-state index contributed by atoms with van der Waals surface area (Å²) in [6.45, 7) is 1.85. The van der Waals surface area contributed by atoms with Crippen LogP contribution in [0.1, 0.15) is 41.6 Å². The largest absolute Gasteiger partial charge is 0.459 e. The van der Waals surface area contributed by atoms with Crippen LogP contribution in [0.15, 0.2) is 59.5 Å². The molecule has 10 heteroatoms. The number of cyclic esters (lactones) is 1. The number of hydrogen-bond donors (Lipinski definition) is 0. The van der Waals surface area contributed by atoms with Crippen LogP contribution in [0, 0.1) is 12.8 Å². The average molecular weight is 519 g/mol. The summed E-state index contributed by atoms with van der Waals surface area (Å²) in [7, 11) is -4.06. The molecule has 9 nitrogen and oxygen atoms in total. The van der Waals surface area contributed by atoms with E-state index in [0.29, 0.717) is 18.6 Å². The molecule has 0 saturated carbocycles. The van der Waals surface area contributed by atoms with E-state index in [9.17, 15) is 18.0 Å². The van der Waals surface area contributed by atoms with Gasteiger partial charge in [0.05, 0.1) is 16.9 Å². The van der Waals surface area contributed by atoms with Gasteiger partial charge >= 0.3 is 11.9 Å². The Labute approximate surface area is 210 Å². The third kappa shape index (κ3) is 6.91. The summed E-state index contributed by atoms with van der Waals surface area (Å²) in [4.78, 5) is 24.8. The summed E-state index contributed by atoms with van der Waals surface area (Å²) in [5, 5.41) is 0. The van der Waals surface area contributed by atoms with Crippen LogP contribution in [0.25, 0.3) is 0 Å². The predicted octanol–water partition coefficient (Wildman–Crippen LogP) is 3.40. The summed E-state index contributed by atoms with van der Waals surface area (Å²) in [5.41, 5.74) is 1.29. The van der Waals surface area contributed by atoms with Crippen molar-refractivity contribution in [1.82, 2.24) is 0 Å². The summed E-state index contributed by atoms with van der Waals surface area (Å²) >= 11 is 0. The van der Waals surface area contributed by atoms with Crippen LogP contribution < -0.4 is 0 Å². The Morgan fingerprint density at radius 1 is 1.08 bits per heavy atom. The van der Waals surface area contributed by atoms with Crippen molar-refractivity contribution < 1.29 is 41.1 Å². The third-order valence-electron chi connectivity index (χ3n) is 6.19. The second-order valence-corrected chi connectivity index (χ2v) is 10.5. The molecule has 194 valence electrons. The van der Waals surface area contributed by atoms with Crippen molar-refractivity contribution in [2.24, 2.45) is 5.92 Å². The van der Waals surface area contributed by atoms with Gasteiger partial charge in [0.25, 0.3) is 10.1 Å². The van der Waals surface area contributed by atoms with Gasteiger partial charge < -0.3 is 18.9 Å². The monoisotopic (exact) mass is 518 g/mol. The Morgan fingerprint density at radius 3 is 2.53 bits per heavy atom. The molecule has 4 atom stereocenters. The topological polar surface area (TPSA) is 114 Å². The summed E-state index contributed by atoms with van der Waals surface area (Å²) in [6.07, 6.45) is 0.290. The van der Waals surface area contributed by atoms with Gasteiger partial charge in [-0.2, -0.15) is 8.42 Å². The Morgan fingerprint density at radius 2 is 1.83 bits per heavy atom. The maximum absolute atomic E-state index is 12.7. The fourth-order valence-electron chi connectivity index (χ4n) is 4.18. The van der Waals surface area contributed by atoms with Gasteiger partial charge in [0.1, 0.15) is 25.4 Å². The van der Waals surface area contributed by atoms with Crippen molar-refractivity contribution in [3.63, 3.8) is 0 Å². The van der Waals surface area contributed by atoms with Gasteiger partial charge in [0.15, 0.2) is 6.29 Å². The SMILES string of the molecule is Cc1ccc(S(=O)(=O)OC[C@@H]2OC(=O)C[C@@H]2[C@H](COC(=O)c2ccccc2)OC2CCCCO2)cc1. The highest BCUT2D eigenvalue weighted by atomic mass is 32.2. The molecule has 2 fully saturated rings. The van der Waals surface area contributed by atoms with E-state index in [1.165, 1.54) is 12.1 Å². The van der Waals surface area contributed by atoms with E-state index in [-0.39, 0.29) is 24.5 Å². The van der Waals surface area contributed by atoms with Crippen molar-refractivity contribution in [2.45, 2.75) is 56.0 Å².